The Balaban J connectivity index is 3.62. The van der Waals surface area contributed by atoms with Crippen LogP contribution in [0.1, 0.15) is 26.7 Å². The van der Waals surface area contributed by atoms with Crippen molar-refractivity contribution in [1.82, 2.24) is 0 Å². The van der Waals surface area contributed by atoms with Crippen molar-refractivity contribution in [3.05, 3.63) is 0 Å². The highest BCUT2D eigenvalue weighted by Gasteiger charge is 2.09. The monoisotopic (exact) mass is 247 g/mol. The third kappa shape index (κ3) is 8.55. The third-order valence-corrected chi connectivity index (χ3v) is 3.08. The first-order valence-electron chi connectivity index (χ1n) is 5.34. The molecule has 0 radical (unpaired) electrons. The van der Waals surface area contributed by atoms with Gasteiger partial charge in [-0.3, -0.25) is 9.79 Å². The van der Waals surface area contributed by atoms with Crippen LogP contribution >= 0.6 is 11.8 Å². The van der Waals surface area contributed by atoms with Gasteiger partial charge in [0.25, 0.3) is 0 Å². The number of thioether (sulfide) groups is 1. The van der Waals surface area contributed by atoms with E-state index in [-0.39, 0.29) is 0 Å². The van der Waals surface area contributed by atoms with Crippen LogP contribution in [0.2, 0.25) is 0 Å². The van der Waals surface area contributed by atoms with Crippen LogP contribution in [0.3, 0.4) is 0 Å². The molecular formula is C10H21N3O2S. The molecule has 0 unspecified atom stereocenters. The summed E-state index contributed by atoms with van der Waals surface area (Å²) in [6.45, 7) is 4.77. The minimum Gasteiger partial charge on any atom is -0.480 e. The Morgan fingerprint density at radius 3 is 2.62 bits per heavy atom. The molecule has 94 valence electrons. The maximum absolute atomic E-state index is 10.4. The minimum absolute atomic E-state index is 0.432. The second-order valence-corrected chi connectivity index (χ2v) is 5.05. The number of hydrogen-bond acceptors (Lipinski definition) is 4. The molecule has 0 aliphatic heterocycles. The van der Waals surface area contributed by atoms with Gasteiger partial charge >= 0.3 is 5.97 Å². The van der Waals surface area contributed by atoms with Gasteiger partial charge < -0.3 is 16.6 Å². The number of carboxylic acid groups (broad SMARTS) is 1. The fourth-order valence-electron chi connectivity index (χ4n) is 0.922. The van der Waals surface area contributed by atoms with Crippen molar-refractivity contribution in [2.45, 2.75) is 32.7 Å². The first kappa shape index (κ1) is 15.2. The summed E-state index contributed by atoms with van der Waals surface area (Å²) >= 11 is 1.53. The zero-order valence-electron chi connectivity index (χ0n) is 9.85. The van der Waals surface area contributed by atoms with E-state index in [0.717, 1.165) is 5.75 Å². The zero-order valence-corrected chi connectivity index (χ0v) is 10.7. The van der Waals surface area contributed by atoms with Crippen molar-refractivity contribution in [3.63, 3.8) is 0 Å². The summed E-state index contributed by atoms with van der Waals surface area (Å²) in [5.74, 6) is 0.564. The van der Waals surface area contributed by atoms with E-state index >= 15 is 0 Å². The number of carboxylic acids is 1. The number of aliphatic carboxylic acids is 1. The van der Waals surface area contributed by atoms with Crippen LogP contribution in [0, 0.1) is 5.92 Å². The lowest BCUT2D eigenvalue weighted by molar-refractivity contribution is -0.138. The Morgan fingerprint density at radius 2 is 2.12 bits per heavy atom. The molecule has 5 N–H and O–H groups in total. The largest absolute Gasteiger partial charge is 0.480 e. The van der Waals surface area contributed by atoms with Crippen molar-refractivity contribution >= 4 is 22.9 Å². The summed E-state index contributed by atoms with van der Waals surface area (Å²) in [4.78, 5) is 14.6. The third-order valence-electron chi connectivity index (χ3n) is 1.82. The Hall–Kier alpha value is -0.750. The van der Waals surface area contributed by atoms with Gasteiger partial charge in [0.05, 0.1) is 0 Å². The summed E-state index contributed by atoms with van der Waals surface area (Å²) in [5.41, 5.74) is 11.0. The molecule has 0 aromatic heterocycles. The van der Waals surface area contributed by atoms with Gasteiger partial charge in [0.1, 0.15) is 6.04 Å². The van der Waals surface area contributed by atoms with Crippen LogP contribution in [-0.4, -0.2) is 34.6 Å². The molecule has 0 bridgehead atoms. The minimum atomic E-state index is -0.967. The van der Waals surface area contributed by atoms with E-state index in [4.69, 9.17) is 16.6 Å². The van der Waals surface area contributed by atoms with E-state index in [1.54, 1.807) is 0 Å². The number of rotatable bonds is 7. The van der Waals surface area contributed by atoms with E-state index in [1.165, 1.54) is 11.8 Å². The van der Waals surface area contributed by atoms with Gasteiger partial charge in [0.2, 0.25) is 0 Å². The van der Waals surface area contributed by atoms with Crippen molar-refractivity contribution in [2.75, 3.05) is 12.3 Å². The van der Waals surface area contributed by atoms with Crippen LogP contribution in [0.4, 0.5) is 0 Å². The molecule has 16 heavy (non-hydrogen) atoms. The molecule has 0 aliphatic rings. The summed E-state index contributed by atoms with van der Waals surface area (Å²) in [6.07, 6.45) is 1.08. The van der Waals surface area contributed by atoms with Gasteiger partial charge in [-0.15, -0.1) is 0 Å². The molecule has 5 nitrogen and oxygen atoms in total. The molecule has 0 saturated carbocycles. The van der Waals surface area contributed by atoms with Crippen LogP contribution in [-0.2, 0) is 4.79 Å². The maximum Gasteiger partial charge on any atom is 0.320 e. The number of amidine groups is 1. The number of aliphatic imine (C=N–C) groups is 1. The first-order valence-corrected chi connectivity index (χ1v) is 6.33. The molecule has 1 atom stereocenters. The molecule has 6 heteroatoms. The number of nitrogens with two attached hydrogens (primary N) is 2. The second-order valence-electron chi connectivity index (χ2n) is 4.01. The smallest absolute Gasteiger partial charge is 0.320 e. The highest BCUT2D eigenvalue weighted by atomic mass is 32.2. The normalized spacial score (nSPS) is 14.1. The lowest BCUT2D eigenvalue weighted by Gasteiger charge is -2.05. The average Bonchev–Trinajstić information content (AvgIpc) is 2.20. The van der Waals surface area contributed by atoms with Crippen LogP contribution in [0.25, 0.3) is 0 Å². The standard InChI is InChI=1S/C10H21N3O2S/c1-7(2)6-16-10(12)13-5-3-4-8(11)9(14)15/h7-8H,3-6,11H2,1-2H3,(H2,12,13)(H,14,15)/t8-/m0/s1. The van der Waals surface area contributed by atoms with Gasteiger partial charge in [-0.1, -0.05) is 25.6 Å². The molecule has 0 saturated heterocycles. The molecule has 0 spiro atoms. The van der Waals surface area contributed by atoms with Crippen molar-refractivity contribution in [3.8, 4) is 0 Å². The summed E-state index contributed by atoms with van der Waals surface area (Å²) in [5, 5.41) is 9.11. The topological polar surface area (TPSA) is 102 Å². The molecule has 0 amide bonds. The Morgan fingerprint density at radius 1 is 1.50 bits per heavy atom. The van der Waals surface area contributed by atoms with E-state index < -0.39 is 12.0 Å². The predicted octanol–water partition coefficient (Wildman–Crippen LogP) is 0.882. The molecular weight excluding hydrogens is 226 g/mol. The van der Waals surface area contributed by atoms with E-state index in [0.29, 0.717) is 30.5 Å². The van der Waals surface area contributed by atoms with Gasteiger partial charge in [-0.05, 0) is 18.8 Å². The van der Waals surface area contributed by atoms with Crippen LogP contribution in [0.5, 0.6) is 0 Å². The maximum atomic E-state index is 10.4. The summed E-state index contributed by atoms with van der Waals surface area (Å²) < 4.78 is 0. The first-order chi connectivity index (χ1) is 7.43. The van der Waals surface area contributed by atoms with E-state index in [9.17, 15) is 4.79 Å². The zero-order chi connectivity index (χ0) is 12.6. The highest BCUT2D eigenvalue weighted by Crippen LogP contribution is 2.07. The summed E-state index contributed by atoms with van der Waals surface area (Å²) in [6, 6.07) is -0.792. The molecule has 0 rings (SSSR count). The van der Waals surface area contributed by atoms with Gasteiger partial charge in [0.15, 0.2) is 5.17 Å². The predicted molar refractivity (Wildman–Crippen MR) is 68.6 cm³/mol. The molecule has 0 heterocycles. The van der Waals surface area contributed by atoms with Crippen molar-refractivity contribution in [2.24, 2.45) is 22.4 Å². The number of carbonyl (C=O) groups is 1. The molecule has 0 aromatic carbocycles. The Labute approximate surface area is 101 Å². The van der Waals surface area contributed by atoms with Crippen LogP contribution in [0.15, 0.2) is 4.99 Å². The Bertz CT molecular complexity index is 244. The SMILES string of the molecule is CC(C)CSC(N)=NCCC[C@H](N)C(=O)O. The van der Waals surface area contributed by atoms with Crippen LogP contribution < -0.4 is 11.5 Å². The fraction of sp³-hybridized carbons (Fsp3) is 0.800. The van der Waals surface area contributed by atoms with E-state index in [2.05, 4.69) is 18.8 Å². The Kier molecular flexibility index (Phi) is 8.01. The lowest BCUT2D eigenvalue weighted by atomic mass is 10.2. The quantitative estimate of drug-likeness (QED) is 0.352. The van der Waals surface area contributed by atoms with Gasteiger partial charge in [-0.25, -0.2) is 0 Å². The molecule has 0 aliphatic carbocycles. The van der Waals surface area contributed by atoms with Gasteiger partial charge in [0, 0.05) is 12.3 Å². The molecule has 0 aromatic rings. The van der Waals surface area contributed by atoms with E-state index in [1.807, 2.05) is 0 Å². The fourth-order valence-corrected chi connectivity index (χ4v) is 1.61. The molecule has 0 fully saturated rings. The highest BCUT2D eigenvalue weighted by molar-refractivity contribution is 8.13. The second kappa shape index (κ2) is 8.41. The van der Waals surface area contributed by atoms with Gasteiger partial charge in [-0.2, -0.15) is 0 Å². The van der Waals surface area contributed by atoms with Crippen molar-refractivity contribution < 1.29 is 9.90 Å². The number of nitrogens with zero attached hydrogens (tertiary/aromatic N) is 1. The number of hydrogen-bond donors (Lipinski definition) is 3. The van der Waals surface area contributed by atoms with Crippen molar-refractivity contribution in [1.29, 1.82) is 0 Å². The lowest BCUT2D eigenvalue weighted by Crippen LogP contribution is -2.30. The summed E-state index contributed by atoms with van der Waals surface area (Å²) in [7, 11) is 0. The average molecular weight is 247 g/mol.